The number of piperazine rings is 1. The minimum Gasteiger partial charge on any atom is -0.359 e. The zero-order valence-corrected chi connectivity index (χ0v) is 17.0. The zero-order chi connectivity index (χ0) is 20.5. The number of rotatable bonds is 4. The highest BCUT2D eigenvalue weighted by molar-refractivity contribution is 6.33. The van der Waals surface area contributed by atoms with E-state index >= 15 is 0 Å². The molecule has 0 aliphatic carbocycles. The van der Waals surface area contributed by atoms with Crippen LogP contribution in [0.3, 0.4) is 0 Å². The highest BCUT2D eigenvalue weighted by atomic mass is 35.5. The molecular weight excluding hydrogens is 390 g/mol. The maximum atomic E-state index is 13.0. The van der Waals surface area contributed by atoms with Gasteiger partial charge in [0.2, 0.25) is 5.91 Å². The molecule has 2 aromatic rings. The molecule has 2 saturated heterocycles. The van der Waals surface area contributed by atoms with Gasteiger partial charge in [-0.15, -0.1) is 0 Å². The van der Waals surface area contributed by atoms with E-state index in [0.717, 1.165) is 41.8 Å². The number of Topliss-reactive ketones (excluding diaryl/α,β-unsaturated/α-hetero) is 1. The predicted molar refractivity (Wildman–Crippen MR) is 112 cm³/mol. The molecule has 2 fully saturated rings. The van der Waals surface area contributed by atoms with Gasteiger partial charge in [-0.05, 0) is 43.3 Å². The van der Waals surface area contributed by atoms with Gasteiger partial charge in [-0.1, -0.05) is 23.7 Å². The number of benzene rings is 2. The number of carbonyl (C=O) groups is 3. The fourth-order valence-electron chi connectivity index (χ4n) is 4.16. The van der Waals surface area contributed by atoms with E-state index in [9.17, 15) is 14.4 Å². The maximum absolute atomic E-state index is 13.0. The summed E-state index contributed by atoms with van der Waals surface area (Å²) in [6.45, 7) is 4.59. The molecule has 0 spiro atoms. The van der Waals surface area contributed by atoms with Gasteiger partial charge in [0.15, 0.2) is 11.8 Å². The van der Waals surface area contributed by atoms with E-state index in [4.69, 9.17) is 11.6 Å². The van der Waals surface area contributed by atoms with Gasteiger partial charge in [-0.3, -0.25) is 14.4 Å². The van der Waals surface area contributed by atoms with Crippen LogP contribution in [0, 0.1) is 0 Å². The largest absolute Gasteiger partial charge is 0.359 e. The van der Waals surface area contributed by atoms with Crippen molar-refractivity contribution in [2.24, 2.45) is 0 Å². The van der Waals surface area contributed by atoms with Crippen LogP contribution in [0.15, 0.2) is 48.5 Å². The lowest BCUT2D eigenvalue weighted by Crippen LogP contribution is -3.19. The molecule has 0 saturated carbocycles. The van der Waals surface area contributed by atoms with Gasteiger partial charge in [0, 0.05) is 5.56 Å². The number of amides is 2. The summed E-state index contributed by atoms with van der Waals surface area (Å²) in [5.74, 6) is -0.391. The average Bonchev–Trinajstić information content (AvgIpc) is 3.02. The van der Waals surface area contributed by atoms with Crippen LogP contribution in [0.1, 0.15) is 23.7 Å². The Bertz CT molecular complexity index is 952. The Kier molecular flexibility index (Phi) is 5.39. The predicted octanol–water partition coefficient (Wildman–Crippen LogP) is 1.58. The fraction of sp³-hybridized carbons (Fsp3) is 0.318. The summed E-state index contributed by atoms with van der Waals surface area (Å²) in [4.78, 5) is 41.7. The van der Waals surface area contributed by atoms with Crippen LogP contribution >= 0.6 is 11.6 Å². The second-order valence-corrected chi connectivity index (χ2v) is 7.93. The van der Waals surface area contributed by atoms with Gasteiger partial charge in [-0.2, -0.15) is 0 Å². The number of ketones is 1. The number of nitrogens with zero attached hydrogens (tertiary/aromatic N) is 2. The van der Waals surface area contributed by atoms with Gasteiger partial charge in [0.1, 0.15) is 0 Å². The van der Waals surface area contributed by atoms with Crippen molar-refractivity contribution in [2.45, 2.75) is 19.4 Å². The summed E-state index contributed by atoms with van der Waals surface area (Å²) in [5.41, 5.74) is 2.10. The molecule has 29 heavy (non-hydrogen) atoms. The summed E-state index contributed by atoms with van der Waals surface area (Å²) in [6, 6.07) is 14.0. The lowest BCUT2D eigenvalue weighted by Gasteiger charge is -2.36. The van der Waals surface area contributed by atoms with Crippen LogP contribution in [0.4, 0.5) is 11.4 Å². The number of halogens is 1. The standard InChI is InChI=1S/C22H22ClN3O3/c1-15(27)16-6-8-17(9-7-16)26-21(28)14-20(22(26)29)25-12-10-24(11-13-25)19-5-3-2-4-18(19)23/h2-9,20H,10-14H2,1H3/p+1/t20-/m0/s1. The average molecular weight is 413 g/mol. The van der Waals surface area contributed by atoms with Crippen LogP contribution < -0.4 is 14.7 Å². The third-order valence-corrected chi connectivity index (χ3v) is 6.09. The smallest absolute Gasteiger partial charge is 0.292 e. The normalized spacial score (nSPS) is 20.4. The van der Waals surface area contributed by atoms with E-state index in [-0.39, 0.29) is 30.1 Å². The van der Waals surface area contributed by atoms with Crippen molar-refractivity contribution < 1.29 is 19.3 Å². The first-order valence-corrected chi connectivity index (χ1v) is 10.2. The Morgan fingerprint density at radius 1 is 1.03 bits per heavy atom. The molecule has 150 valence electrons. The third-order valence-electron chi connectivity index (χ3n) is 5.77. The van der Waals surface area contributed by atoms with Crippen molar-refractivity contribution in [1.29, 1.82) is 0 Å². The van der Waals surface area contributed by atoms with Gasteiger partial charge in [0.25, 0.3) is 5.91 Å². The molecule has 1 N–H and O–H groups in total. The molecule has 2 aromatic carbocycles. The van der Waals surface area contributed by atoms with Gasteiger partial charge in [0.05, 0.1) is 49.0 Å². The van der Waals surface area contributed by atoms with Crippen molar-refractivity contribution in [3.8, 4) is 0 Å². The molecule has 1 atom stereocenters. The minimum absolute atomic E-state index is 0.0469. The summed E-state index contributed by atoms with van der Waals surface area (Å²) in [7, 11) is 0. The first-order valence-electron chi connectivity index (χ1n) is 9.77. The Morgan fingerprint density at radius 3 is 2.31 bits per heavy atom. The lowest BCUT2D eigenvalue weighted by molar-refractivity contribution is -0.915. The van der Waals surface area contributed by atoms with Crippen molar-refractivity contribution in [2.75, 3.05) is 36.0 Å². The SMILES string of the molecule is CC(=O)c1ccc(N2C(=O)C[C@H]([NH+]3CCN(c4ccccc4Cl)CC3)C2=O)cc1. The van der Waals surface area contributed by atoms with E-state index < -0.39 is 0 Å². The number of nitrogens with one attached hydrogen (secondary N) is 1. The van der Waals surface area contributed by atoms with Crippen LogP contribution in [-0.4, -0.2) is 49.8 Å². The number of imide groups is 1. The molecular formula is C22H23ClN3O3+. The van der Waals surface area contributed by atoms with Gasteiger partial charge < -0.3 is 9.80 Å². The highest BCUT2D eigenvalue weighted by Gasteiger charge is 2.46. The molecule has 7 heteroatoms. The highest BCUT2D eigenvalue weighted by Crippen LogP contribution is 2.26. The van der Waals surface area contributed by atoms with E-state index in [0.29, 0.717) is 11.3 Å². The molecule has 4 rings (SSSR count). The number of quaternary nitrogens is 1. The Balaban J connectivity index is 1.44. The van der Waals surface area contributed by atoms with Crippen LogP contribution in [-0.2, 0) is 9.59 Å². The molecule has 2 amide bonds. The van der Waals surface area contributed by atoms with Crippen molar-refractivity contribution in [3.05, 3.63) is 59.1 Å². The molecule has 2 aliphatic rings. The van der Waals surface area contributed by atoms with Gasteiger partial charge >= 0.3 is 0 Å². The third kappa shape index (κ3) is 3.78. The van der Waals surface area contributed by atoms with E-state index in [1.807, 2.05) is 24.3 Å². The summed E-state index contributed by atoms with van der Waals surface area (Å²) in [5, 5.41) is 0.725. The zero-order valence-electron chi connectivity index (χ0n) is 16.2. The number of anilines is 2. The molecule has 0 unspecified atom stereocenters. The second kappa shape index (κ2) is 7.97. The quantitative estimate of drug-likeness (QED) is 0.612. The fourth-order valence-corrected chi connectivity index (χ4v) is 4.41. The van der Waals surface area contributed by atoms with E-state index in [1.54, 1.807) is 24.3 Å². The molecule has 2 aliphatic heterocycles. The van der Waals surface area contributed by atoms with Crippen molar-refractivity contribution >= 4 is 40.6 Å². The van der Waals surface area contributed by atoms with Crippen molar-refractivity contribution in [3.63, 3.8) is 0 Å². The van der Waals surface area contributed by atoms with E-state index in [1.165, 1.54) is 11.8 Å². The Labute approximate surface area is 174 Å². The van der Waals surface area contributed by atoms with Crippen molar-refractivity contribution in [1.82, 2.24) is 0 Å². The lowest BCUT2D eigenvalue weighted by atomic mass is 10.1. The van der Waals surface area contributed by atoms with Crippen LogP contribution in [0.25, 0.3) is 0 Å². The monoisotopic (exact) mass is 412 g/mol. The van der Waals surface area contributed by atoms with Crippen LogP contribution in [0.5, 0.6) is 0 Å². The maximum Gasteiger partial charge on any atom is 0.292 e. The molecule has 0 radical (unpaired) electrons. The first kappa shape index (κ1) is 19.6. The topological polar surface area (TPSA) is 62.1 Å². The Hall–Kier alpha value is -2.70. The molecule has 6 nitrogen and oxygen atoms in total. The summed E-state index contributed by atoms with van der Waals surface area (Å²) < 4.78 is 0. The number of carbonyl (C=O) groups excluding carboxylic acids is 3. The number of hydrogen-bond donors (Lipinski definition) is 1. The molecule has 0 aromatic heterocycles. The molecule has 2 heterocycles. The van der Waals surface area contributed by atoms with E-state index in [2.05, 4.69) is 4.90 Å². The Morgan fingerprint density at radius 2 is 1.69 bits per heavy atom. The second-order valence-electron chi connectivity index (χ2n) is 7.52. The molecule has 0 bridgehead atoms. The summed E-state index contributed by atoms with van der Waals surface area (Å²) in [6.07, 6.45) is 0.217. The summed E-state index contributed by atoms with van der Waals surface area (Å²) >= 11 is 6.31. The van der Waals surface area contributed by atoms with Gasteiger partial charge in [-0.25, -0.2) is 4.90 Å². The minimum atomic E-state index is -0.358. The van der Waals surface area contributed by atoms with Crippen LogP contribution in [0.2, 0.25) is 5.02 Å². The first-order chi connectivity index (χ1) is 14.0. The number of hydrogen-bond acceptors (Lipinski definition) is 4. The number of para-hydroxylation sites is 1.